The maximum atomic E-state index is 13.8. The van der Waals surface area contributed by atoms with E-state index in [4.69, 9.17) is 31.4 Å². The number of rotatable bonds is 2. The Balaban J connectivity index is 1.63. The zero-order chi connectivity index (χ0) is 21.4. The molecular formula is C22H29B4F3. The zero-order valence-electron chi connectivity index (χ0n) is 17.4. The summed E-state index contributed by atoms with van der Waals surface area (Å²) in [5.74, 6) is -0.387. The van der Waals surface area contributed by atoms with E-state index in [2.05, 4.69) is 13.5 Å². The Kier molecular flexibility index (Phi) is 5.23. The van der Waals surface area contributed by atoms with E-state index in [9.17, 15) is 13.2 Å². The topological polar surface area (TPSA) is 0 Å². The number of allylic oxidation sites excluding steroid dienone is 1. The Morgan fingerprint density at radius 1 is 0.931 bits per heavy atom. The van der Waals surface area contributed by atoms with Crippen molar-refractivity contribution in [3.8, 4) is 0 Å². The first-order valence-electron chi connectivity index (χ1n) is 11.2. The number of fused-ring (bicyclic) bond motifs is 5. The molecule has 4 fully saturated rings. The number of halogens is 3. The molecule has 0 aromatic rings. The summed E-state index contributed by atoms with van der Waals surface area (Å²) in [5, 5.41) is -3.84. The van der Waals surface area contributed by atoms with Crippen LogP contribution in [-0.4, -0.2) is 37.6 Å². The summed E-state index contributed by atoms with van der Waals surface area (Å²) in [6.45, 7) is 6.36. The van der Waals surface area contributed by atoms with Crippen molar-refractivity contribution in [3.63, 3.8) is 0 Å². The molecule has 4 aliphatic rings. The lowest BCUT2D eigenvalue weighted by Crippen LogP contribution is -2.59. The van der Waals surface area contributed by atoms with Gasteiger partial charge in [0.05, 0.1) is 31.4 Å². The molecule has 7 heteroatoms. The van der Waals surface area contributed by atoms with Gasteiger partial charge in [0.15, 0.2) is 0 Å². The molecular weight excluding hydrogens is 364 g/mol. The standard InChI is InChI=1S/C22H29B4F3/c1-3-4-12-5-7-16-14-6-8-17-15(13(14)9-10-19(12,16)2)11-20(23,24)18(21(17,25)26)22(27,28)29/h3,12-18H,1,4-11H2,2H3/t12?,13?,14-,15-,16?,17+,18+,19-/m1/s1. The average Bonchev–Trinajstić information content (AvgIpc) is 2.89. The second kappa shape index (κ2) is 6.89. The van der Waals surface area contributed by atoms with E-state index in [0.29, 0.717) is 35.5 Å². The molecule has 8 atom stereocenters. The Hall–Kier alpha value is -0.210. The zero-order valence-corrected chi connectivity index (χ0v) is 17.4. The highest BCUT2D eigenvalue weighted by atomic mass is 19.4. The summed E-state index contributed by atoms with van der Waals surface area (Å²) >= 11 is 0. The second-order valence-corrected chi connectivity index (χ2v) is 10.9. The van der Waals surface area contributed by atoms with Crippen LogP contribution in [0.15, 0.2) is 12.7 Å². The highest BCUT2D eigenvalue weighted by Crippen LogP contribution is 2.71. The van der Waals surface area contributed by atoms with Crippen LogP contribution in [0, 0.1) is 46.8 Å². The molecule has 0 bridgehead atoms. The van der Waals surface area contributed by atoms with Crippen LogP contribution in [0.1, 0.15) is 58.3 Å². The quantitative estimate of drug-likeness (QED) is 0.450. The monoisotopic (exact) mass is 394 g/mol. The maximum absolute atomic E-state index is 13.8. The molecule has 0 saturated heterocycles. The minimum atomic E-state index is -4.61. The van der Waals surface area contributed by atoms with Gasteiger partial charge in [-0.15, -0.1) is 6.58 Å². The summed E-state index contributed by atoms with van der Waals surface area (Å²) in [4.78, 5) is 0. The van der Waals surface area contributed by atoms with Crippen LogP contribution >= 0.6 is 0 Å². The van der Waals surface area contributed by atoms with Gasteiger partial charge in [0.25, 0.3) is 0 Å². The van der Waals surface area contributed by atoms with Gasteiger partial charge in [-0.1, -0.05) is 36.3 Å². The molecule has 0 aromatic heterocycles. The van der Waals surface area contributed by atoms with Crippen LogP contribution in [0.25, 0.3) is 0 Å². The Labute approximate surface area is 179 Å². The first kappa shape index (κ1) is 22.0. The molecule has 0 spiro atoms. The molecule has 0 aromatic carbocycles. The van der Waals surface area contributed by atoms with E-state index in [1.165, 1.54) is 12.8 Å². The van der Waals surface area contributed by atoms with E-state index in [1.807, 2.05) is 6.08 Å². The van der Waals surface area contributed by atoms with Crippen molar-refractivity contribution in [3.05, 3.63) is 12.7 Å². The highest BCUT2D eigenvalue weighted by Gasteiger charge is 2.65. The second-order valence-electron chi connectivity index (χ2n) is 10.9. The minimum absolute atomic E-state index is 0.0274. The van der Waals surface area contributed by atoms with Gasteiger partial charge in [0, 0.05) is 5.92 Å². The largest absolute Gasteiger partial charge is 0.390 e. The molecule has 29 heavy (non-hydrogen) atoms. The summed E-state index contributed by atoms with van der Waals surface area (Å²) in [6, 6.07) is 0. The van der Waals surface area contributed by atoms with Crippen LogP contribution in [0.2, 0.25) is 10.4 Å². The lowest BCUT2D eigenvalue weighted by molar-refractivity contribution is -0.205. The van der Waals surface area contributed by atoms with Crippen LogP contribution in [0.5, 0.6) is 0 Å². The van der Waals surface area contributed by atoms with Crippen molar-refractivity contribution in [2.24, 2.45) is 46.8 Å². The van der Waals surface area contributed by atoms with E-state index in [0.717, 1.165) is 25.7 Å². The van der Waals surface area contributed by atoms with Gasteiger partial charge in [-0.25, -0.2) is 0 Å². The molecule has 0 nitrogen and oxygen atoms in total. The molecule has 8 radical (unpaired) electrons. The fourth-order valence-corrected chi connectivity index (χ4v) is 8.55. The molecule has 3 unspecified atom stereocenters. The fraction of sp³-hybridized carbons (Fsp3) is 0.909. The predicted molar refractivity (Wildman–Crippen MR) is 114 cm³/mol. The molecule has 0 aliphatic heterocycles. The van der Waals surface area contributed by atoms with Gasteiger partial charge in [-0.05, 0) is 79.4 Å². The van der Waals surface area contributed by atoms with E-state index in [-0.39, 0.29) is 18.3 Å². The third kappa shape index (κ3) is 3.22. The Morgan fingerprint density at radius 3 is 2.21 bits per heavy atom. The summed E-state index contributed by atoms with van der Waals surface area (Å²) in [5.41, 5.74) is 0.302. The van der Waals surface area contributed by atoms with Crippen molar-refractivity contribution >= 4 is 31.4 Å². The normalized spacial score (nSPS) is 48.2. The van der Waals surface area contributed by atoms with E-state index in [1.54, 1.807) is 0 Å². The van der Waals surface area contributed by atoms with E-state index < -0.39 is 22.5 Å². The van der Waals surface area contributed by atoms with Crippen molar-refractivity contribution in [1.82, 2.24) is 0 Å². The molecule has 4 saturated carbocycles. The van der Waals surface area contributed by atoms with Gasteiger partial charge in [-0.2, -0.15) is 13.2 Å². The molecule has 0 heterocycles. The summed E-state index contributed by atoms with van der Waals surface area (Å²) < 4.78 is 41.5. The Bertz CT molecular complexity index is 661. The van der Waals surface area contributed by atoms with Gasteiger partial charge in [0.2, 0.25) is 0 Å². The van der Waals surface area contributed by atoms with Crippen molar-refractivity contribution in [2.45, 2.75) is 74.9 Å². The predicted octanol–water partition coefficient (Wildman–Crippen LogP) is 5.14. The molecule has 0 amide bonds. The number of hydrogen-bond donors (Lipinski definition) is 0. The number of alkyl halides is 3. The molecule has 150 valence electrons. The highest BCUT2D eigenvalue weighted by molar-refractivity contribution is 6.45. The van der Waals surface area contributed by atoms with Crippen molar-refractivity contribution < 1.29 is 13.2 Å². The first-order valence-corrected chi connectivity index (χ1v) is 11.2. The van der Waals surface area contributed by atoms with Gasteiger partial charge < -0.3 is 0 Å². The van der Waals surface area contributed by atoms with Crippen molar-refractivity contribution in [2.75, 3.05) is 0 Å². The lowest BCUT2D eigenvalue weighted by Gasteiger charge is -2.65. The maximum Gasteiger partial charge on any atom is 0.390 e. The van der Waals surface area contributed by atoms with Gasteiger partial charge in [0.1, 0.15) is 0 Å². The smallest absolute Gasteiger partial charge is 0.171 e. The third-order valence-electron chi connectivity index (χ3n) is 9.61. The summed E-state index contributed by atoms with van der Waals surface area (Å²) in [7, 11) is 24.7. The van der Waals surface area contributed by atoms with Gasteiger partial charge in [-0.3, -0.25) is 0 Å². The first-order chi connectivity index (χ1) is 13.3. The van der Waals surface area contributed by atoms with Gasteiger partial charge >= 0.3 is 6.18 Å². The number of hydrogen-bond acceptors (Lipinski definition) is 0. The van der Waals surface area contributed by atoms with Crippen molar-refractivity contribution in [1.29, 1.82) is 0 Å². The van der Waals surface area contributed by atoms with Crippen LogP contribution in [0.4, 0.5) is 13.2 Å². The average molecular weight is 394 g/mol. The van der Waals surface area contributed by atoms with Crippen LogP contribution < -0.4 is 0 Å². The third-order valence-corrected chi connectivity index (χ3v) is 9.61. The lowest BCUT2D eigenvalue weighted by atomic mass is 9.25. The summed E-state index contributed by atoms with van der Waals surface area (Å²) in [6.07, 6.45) is 4.71. The van der Waals surface area contributed by atoms with E-state index >= 15 is 0 Å². The molecule has 4 rings (SSSR count). The fourth-order valence-electron chi connectivity index (χ4n) is 8.55. The molecule has 4 aliphatic carbocycles. The van der Waals surface area contributed by atoms with Crippen LogP contribution in [-0.2, 0) is 0 Å². The molecule has 0 N–H and O–H groups in total. The minimum Gasteiger partial charge on any atom is -0.171 e. The SMILES string of the molecule is [B]C1([B])C[C@@H]2C3CC[C@]4(C)C(CC=C)CCC4[C@@H]3CC[C@@H]2C([B])([B])[C@H]1C(F)(F)F. The van der Waals surface area contributed by atoms with Crippen LogP contribution in [0.3, 0.4) is 0 Å². The Morgan fingerprint density at radius 2 is 1.59 bits per heavy atom.